The number of nitrogens with zero attached hydrogens (tertiary/aromatic N) is 5. The van der Waals surface area contributed by atoms with Crippen molar-refractivity contribution in [3.63, 3.8) is 0 Å². The number of nitrogens with one attached hydrogen (secondary N) is 3. The minimum Gasteiger partial charge on any atom is -0.315 e. The van der Waals surface area contributed by atoms with Crippen LogP contribution in [-0.4, -0.2) is 19.9 Å². The van der Waals surface area contributed by atoms with Gasteiger partial charge in [-0.3, -0.25) is 15.4 Å². The minimum absolute atomic E-state index is 0.638. The van der Waals surface area contributed by atoms with Crippen LogP contribution < -0.4 is 21.3 Å². The first-order valence-corrected chi connectivity index (χ1v) is 9.32. The Labute approximate surface area is 159 Å². The van der Waals surface area contributed by atoms with Gasteiger partial charge in [-0.25, -0.2) is 15.0 Å². The Morgan fingerprint density at radius 2 is 2.15 bits per heavy atom. The maximum absolute atomic E-state index is 4.68. The maximum Gasteiger partial charge on any atom is 0.191 e. The number of pyridine rings is 1. The average Bonchev–Trinajstić information content (AvgIpc) is 3.28. The van der Waals surface area contributed by atoms with Crippen molar-refractivity contribution in [2.45, 2.75) is 13.5 Å². The van der Waals surface area contributed by atoms with E-state index < -0.39 is 0 Å². The fraction of sp³-hybridized carbons (Fsp3) is 0.111. The van der Waals surface area contributed by atoms with Crippen LogP contribution >= 0.6 is 11.3 Å². The molecule has 1 aliphatic rings. The summed E-state index contributed by atoms with van der Waals surface area (Å²) >= 11 is 1.54. The van der Waals surface area contributed by atoms with Crippen LogP contribution in [0.25, 0.3) is 10.9 Å². The third-order valence-corrected chi connectivity index (χ3v) is 5.06. The third kappa shape index (κ3) is 3.14. The highest BCUT2D eigenvalue weighted by atomic mass is 32.1. The van der Waals surface area contributed by atoms with Crippen LogP contribution in [0.2, 0.25) is 0 Å². The molecule has 0 amide bonds. The van der Waals surface area contributed by atoms with Gasteiger partial charge in [-0.2, -0.15) is 0 Å². The molecule has 8 nitrogen and oxygen atoms in total. The number of hydrogen-bond acceptors (Lipinski definition) is 9. The molecule has 0 unspecified atom stereocenters. The predicted octanol–water partition coefficient (Wildman–Crippen LogP) is 3.39. The highest BCUT2D eigenvalue weighted by Gasteiger charge is 2.22. The van der Waals surface area contributed by atoms with E-state index in [4.69, 9.17) is 0 Å². The van der Waals surface area contributed by atoms with E-state index in [2.05, 4.69) is 54.4 Å². The van der Waals surface area contributed by atoms with Crippen LogP contribution in [0.1, 0.15) is 11.3 Å². The summed E-state index contributed by atoms with van der Waals surface area (Å²) in [6.07, 6.45) is 3.49. The van der Waals surface area contributed by atoms with Crippen molar-refractivity contribution >= 4 is 44.8 Å². The largest absolute Gasteiger partial charge is 0.315 e. The van der Waals surface area contributed by atoms with Gasteiger partial charge in [0, 0.05) is 17.0 Å². The van der Waals surface area contributed by atoms with Gasteiger partial charge in [0.05, 0.1) is 24.0 Å². The van der Waals surface area contributed by atoms with Gasteiger partial charge in [0.1, 0.15) is 0 Å². The molecule has 4 heterocycles. The molecule has 134 valence electrons. The lowest BCUT2D eigenvalue weighted by Gasteiger charge is -2.17. The first kappa shape index (κ1) is 15.9. The molecule has 0 saturated heterocycles. The molecule has 9 heteroatoms. The van der Waals surface area contributed by atoms with Crippen molar-refractivity contribution in [1.29, 1.82) is 0 Å². The van der Waals surface area contributed by atoms with Crippen molar-refractivity contribution < 1.29 is 0 Å². The van der Waals surface area contributed by atoms with Crippen molar-refractivity contribution in [2.75, 3.05) is 15.8 Å². The number of thiazole rings is 1. The van der Waals surface area contributed by atoms with E-state index in [0.29, 0.717) is 18.2 Å². The predicted molar refractivity (Wildman–Crippen MR) is 107 cm³/mol. The molecular formula is C18H16N8S. The van der Waals surface area contributed by atoms with E-state index in [0.717, 1.165) is 33.1 Å². The number of hydrazine groups is 2. The third-order valence-electron chi connectivity index (χ3n) is 4.18. The lowest BCUT2D eigenvalue weighted by Crippen LogP contribution is -2.35. The second-order valence-corrected chi connectivity index (χ2v) is 7.06. The summed E-state index contributed by atoms with van der Waals surface area (Å²) in [4.78, 5) is 17.9. The zero-order chi connectivity index (χ0) is 18.2. The van der Waals surface area contributed by atoms with Crippen LogP contribution in [0.4, 0.5) is 22.6 Å². The topological polar surface area (TPSA) is 90.9 Å². The Hall–Kier alpha value is -3.30. The average molecular weight is 376 g/mol. The van der Waals surface area contributed by atoms with E-state index in [9.17, 15) is 0 Å². The van der Waals surface area contributed by atoms with Gasteiger partial charge in [-0.05, 0) is 30.7 Å². The van der Waals surface area contributed by atoms with Gasteiger partial charge in [0.25, 0.3) is 0 Å². The van der Waals surface area contributed by atoms with Gasteiger partial charge >= 0.3 is 0 Å². The molecule has 0 bridgehead atoms. The summed E-state index contributed by atoms with van der Waals surface area (Å²) in [5, 5.41) is 9.04. The summed E-state index contributed by atoms with van der Waals surface area (Å²) in [6, 6.07) is 10.2. The molecule has 3 aromatic heterocycles. The normalized spacial score (nSPS) is 12.9. The Bertz CT molecular complexity index is 1130. The van der Waals surface area contributed by atoms with E-state index in [-0.39, 0.29) is 0 Å². The summed E-state index contributed by atoms with van der Waals surface area (Å²) in [5.74, 6) is 2.08. The smallest absolute Gasteiger partial charge is 0.191 e. The van der Waals surface area contributed by atoms with Crippen molar-refractivity contribution in [1.82, 2.24) is 25.5 Å². The highest BCUT2D eigenvalue weighted by molar-refractivity contribution is 7.13. The van der Waals surface area contributed by atoms with Crippen LogP contribution in [0.3, 0.4) is 0 Å². The van der Waals surface area contributed by atoms with Crippen molar-refractivity contribution in [3.05, 3.63) is 59.4 Å². The number of aromatic nitrogens is 4. The molecule has 3 N–H and O–H groups in total. The quantitative estimate of drug-likeness (QED) is 0.499. The van der Waals surface area contributed by atoms with E-state index in [1.54, 1.807) is 23.7 Å². The van der Waals surface area contributed by atoms with Crippen LogP contribution in [0, 0.1) is 6.92 Å². The summed E-state index contributed by atoms with van der Waals surface area (Å²) in [5.41, 5.74) is 9.28. The summed E-state index contributed by atoms with van der Waals surface area (Å²) in [7, 11) is 0. The number of benzene rings is 1. The van der Waals surface area contributed by atoms with Gasteiger partial charge in [0.2, 0.25) is 0 Å². The van der Waals surface area contributed by atoms with Crippen LogP contribution in [-0.2, 0) is 6.54 Å². The van der Waals surface area contributed by atoms with Crippen molar-refractivity contribution in [3.8, 4) is 0 Å². The molecule has 27 heavy (non-hydrogen) atoms. The first-order chi connectivity index (χ1) is 13.2. The van der Waals surface area contributed by atoms with E-state index in [1.807, 2.05) is 29.4 Å². The molecule has 0 saturated carbocycles. The number of fused-ring (bicyclic) bond motifs is 2. The molecule has 0 radical (unpaired) electrons. The zero-order valence-corrected chi connectivity index (χ0v) is 15.3. The van der Waals surface area contributed by atoms with Gasteiger partial charge in [0.15, 0.2) is 22.6 Å². The minimum atomic E-state index is 0.638. The fourth-order valence-corrected chi connectivity index (χ4v) is 3.63. The highest BCUT2D eigenvalue weighted by Crippen LogP contribution is 2.29. The number of anilines is 4. The number of rotatable bonds is 4. The van der Waals surface area contributed by atoms with E-state index in [1.165, 1.54) is 0 Å². The second kappa shape index (κ2) is 6.45. The molecule has 4 aromatic rings. The molecule has 0 atom stereocenters. The van der Waals surface area contributed by atoms with Gasteiger partial charge < -0.3 is 5.32 Å². The van der Waals surface area contributed by atoms with Crippen LogP contribution in [0.5, 0.6) is 0 Å². The maximum atomic E-state index is 4.68. The molecule has 0 fully saturated rings. The Morgan fingerprint density at radius 1 is 1.19 bits per heavy atom. The molecule has 0 spiro atoms. The van der Waals surface area contributed by atoms with Crippen molar-refractivity contribution in [2.24, 2.45) is 0 Å². The Kier molecular flexibility index (Phi) is 3.80. The summed E-state index contributed by atoms with van der Waals surface area (Å²) < 4.78 is 0. The van der Waals surface area contributed by atoms with Gasteiger partial charge in [-0.1, -0.05) is 12.1 Å². The lowest BCUT2D eigenvalue weighted by atomic mass is 10.1. The number of aryl methyl sites for hydroxylation is 1. The fourth-order valence-electron chi connectivity index (χ4n) is 2.93. The molecule has 1 aromatic carbocycles. The first-order valence-electron chi connectivity index (χ1n) is 8.44. The molecule has 1 aliphatic heterocycles. The SMILES string of the molecule is Cc1csc(Nc2cnc3c(n2)N(Cc2ccc4ncccc4c2)NN3)n1. The standard InChI is InChI=1S/C18H16N8S/c1-11-10-27-18(21-11)23-15-8-20-16-17(22-15)26(25-24-16)9-12-4-5-14-13(7-12)3-2-6-19-14/h2-8,10,25H,9H2,1H3,(H,20,24)(H,21,22,23). The Balaban J connectivity index is 1.40. The zero-order valence-electron chi connectivity index (χ0n) is 14.5. The van der Waals surface area contributed by atoms with E-state index >= 15 is 0 Å². The molecular weight excluding hydrogens is 360 g/mol. The monoisotopic (exact) mass is 376 g/mol. The Morgan fingerprint density at radius 3 is 3.04 bits per heavy atom. The second-order valence-electron chi connectivity index (χ2n) is 6.20. The summed E-state index contributed by atoms with van der Waals surface area (Å²) in [6.45, 7) is 2.60. The lowest BCUT2D eigenvalue weighted by molar-refractivity contribution is 0.717. The molecule has 5 rings (SSSR count). The molecule has 0 aliphatic carbocycles. The van der Waals surface area contributed by atoms with Gasteiger partial charge in [-0.15, -0.1) is 16.9 Å². The number of hydrogen-bond donors (Lipinski definition) is 3. The van der Waals surface area contributed by atoms with Crippen LogP contribution in [0.15, 0.2) is 48.1 Å².